The minimum absolute atomic E-state index is 0.00298. The third-order valence-electron chi connectivity index (χ3n) is 3.91. The number of hydrogen-bond donors (Lipinski definition) is 3. The Morgan fingerprint density at radius 3 is 2.42 bits per heavy atom. The Hall–Kier alpha value is -1.26. The van der Waals surface area contributed by atoms with E-state index in [2.05, 4.69) is 24.5 Å². The van der Waals surface area contributed by atoms with Crippen molar-refractivity contribution in [2.45, 2.75) is 53.0 Å². The Morgan fingerprint density at radius 2 is 2.00 bits per heavy atom. The standard InChI is InChI=1S/C14H26N2O3/c1-9(2)11(12(17)18)8-15-13(19)16-10-5-6-14(3,4)7-10/h9-11H,5-8H2,1-4H3,(H,17,18)(H2,15,16,19). The molecule has 1 saturated carbocycles. The maximum absolute atomic E-state index is 11.7. The highest BCUT2D eigenvalue weighted by Crippen LogP contribution is 2.36. The number of nitrogens with one attached hydrogen (secondary N) is 2. The number of hydrogen-bond acceptors (Lipinski definition) is 2. The summed E-state index contributed by atoms with van der Waals surface area (Å²) >= 11 is 0. The number of carboxylic acids is 1. The predicted molar refractivity (Wildman–Crippen MR) is 73.9 cm³/mol. The molecule has 1 aliphatic rings. The molecular weight excluding hydrogens is 244 g/mol. The lowest BCUT2D eigenvalue weighted by atomic mass is 9.92. The lowest BCUT2D eigenvalue weighted by molar-refractivity contribution is -0.142. The minimum Gasteiger partial charge on any atom is -0.481 e. The van der Waals surface area contributed by atoms with E-state index in [0.29, 0.717) is 5.41 Å². The first-order valence-electron chi connectivity index (χ1n) is 6.98. The van der Waals surface area contributed by atoms with E-state index in [0.717, 1.165) is 19.3 Å². The summed E-state index contributed by atoms with van der Waals surface area (Å²) in [4.78, 5) is 22.8. The first-order valence-corrected chi connectivity index (χ1v) is 6.98. The van der Waals surface area contributed by atoms with Gasteiger partial charge in [0, 0.05) is 12.6 Å². The number of urea groups is 1. The normalized spacial score (nSPS) is 23.1. The number of rotatable bonds is 5. The van der Waals surface area contributed by atoms with Crippen LogP contribution in [0.25, 0.3) is 0 Å². The molecule has 0 heterocycles. The highest BCUT2D eigenvalue weighted by molar-refractivity contribution is 5.76. The van der Waals surface area contributed by atoms with Gasteiger partial charge in [0.15, 0.2) is 0 Å². The van der Waals surface area contributed by atoms with Crippen LogP contribution in [0.2, 0.25) is 0 Å². The van der Waals surface area contributed by atoms with E-state index < -0.39 is 11.9 Å². The van der Waals surface area contributed by atoms with Gasteiger partial charge < -0.3 is 15.7 Å². The van der Waals surface area contributed by atoms with Gasteiger partial charge >= 0.3 is 12.0 Å². The van der Waals surface area contributed by atoms with Crippen LogP contribution >= 0.6 is 0 Å². The summed E-state index contributed by atoms with van der Waals surface area (Å²) in [6.45, 7) is 8.27. The highest BCUT2D eigenvalue weighted by atomic mass is 16.4. The zero-order valence-electron chi connectivity index (χ0n) is 12.3. The molecule has 0 spiro atoms. The van der Waals surface area contributed by atoms with Gasteiger partial charge in [0.05, 0.1) is 5.92 Å². The fourth-order valence-electron chi connectivity index (χ4n) is 2.61. The van der Waals surface area contributed by atoms with Crippen LogP contribution in [0.3, 0.4) is 0 Å². The Balaban J connectivity index is 2.34. The van der Waals surface area contributed by atoms with E-state index in [1.807, 2.05) is 13.8 Å². The molecule has 2 amide bonds. The third-order valence-corrected chi connectivity index (χ3v) is 3.91. The topological polar surface area (TPSA) is 78.4 Å². The van der Waals surface area contributed by atoms with Crippen LogP contribution in [0.1, 0.15) is 47.0 Å². The predicted octanol–water partition coefficient (Wildman–Crippen LogP) is 2.22. The molecule has 5 nitrogen and oxygen atoms in total. The molecule has 0 aromatic carbocycles. The van der Waals surface area contributed by atoms with Crippen LogP contribution in [-0.2, 0) is 4.79 Å². The zero-order valence-corrected chi connectivity index (χ0v) is 12.3. The second kappa shape index (κ2) is 6.26. The Morgan fingerprint density at radius 1 is 1.37 bits per heavy atom. The van der Waals surface area contributed by atoms with E-state index in [-0.39, 0.29) is 24.5 Å². The largest absolute Gasteiger partial charge is 0.481 e. The fraction of sp³-hybridized carbons (Fsp3) is 0.857. The van der Waals surface area contributed by atoms with Gasteiger partial charge in [-0.3, -0.25) is 4.79 Å². The van der Waals surface area contributed by atoms with Crippen LogP contribution in [0.4, 0.5) is 4.79 Å². The number of aliphatic carboxylic acids is 1. The summed E-state index contributed by atoms with van der Waals surface area (Å²) in [6.07, 6.45) is 3.08. The molecule has 0 aromatic rings. The molecular formula is C14H26N2O3. The van der Waals surface area contributed by atoms with E-state index in [1.165, 1.54) is 0 Å². The molecule has 2 atom stereocenters. The van der Waals surface area contributed by atoms with Crippen molar-refractivity contribution in [2.75, 3.05) is 6.54 Å². The zero-order chi connectivity index (χ0) is 14.6. The molecule has 2 unspecified atom stereocenters. The van der Waals surface area contributed by atoms with Crippen LogP contribution in [0.5, 0.6) is 0 Å². The molecule has 0 saturated heterocycles. The second-order valence-electron chi connectivity index (χ2n) is 6.65. The number of carbonyl (C=O) groups excluding carboxylic acids is 1. The van der Waals surface area contributed by atoms with E-state index >= 15 is 0 Å². The smallest absolute Gasteiger partial charge is 0.315 e. The van der Waals surface area contributed by atoms with Gasteiger partial charge in [-0.25, -0.2) is 4.79 Å². The molecule has 110 valence electrons. The van der Waals surface area contributed by atoms with Crippen molar-refractivity contribution >= 4 is 12.0 Å². The average molecular weight is 270 g/mol. The van der Waals surface area contributed by atoms with Crippen molar-refractivity contribution in [3.63, 3.8) is 0 Å². The molecule has 1 aliphatic carbocycles. The molecule has 1 rings (SSSR count). The Labute approximate surface area is 115 Å². The second-order valence-corrected chi connectivity index (χ2v) is 6.65. The monoisotopic (exact) mass is 270 g/mol. The molecule has 19 heavy (non-hydrogen) atoms. The van der Waals surface area contributed by atoms with Gasteiger partial charge in [-0.1, -0.05) is 27.7 Å². The van der Waals surface area contributed by atoms with E-state index in [4.69, 9.17) is 5.11 Å². The first-order chi connectivity index (χ1) is 8.71. The van der Waals surface area contributed by atoms with Gasteiger partial charge in [0.1, 0.15) is 0 Å². The minimum atomic E-state index is -0.864. The molecule has 0 bridgehead atoms. The Kier molecular flexibility index (Phi) is 5.20. The summed E-state index contributed by atoms with van der Waals surface area (Å²) < 4.78 is 0. The van der Waals surface area contributed by atoms with Gasteiger partial charge in [-0.05, 0) is 30.6 Å². The van der Waals surface area contributed by atoms with Crippen molar-refractivity contribution in [1.82, 2.24) is 10.6 Å². The summed E-state index contributed by atoms with van der Waals surface area (Å²) in [6, 6.07) is -0.0491. The summed E-state index contributed by atoms with van der Waals surface area (Å²) in [5, 5.41) is 14.6. The SMILES string of the molecule is CC(C)C(CNC(=O)NC1CCC(C)(C)C1)C(=O)O. The molecule has 5 heteroatoms. The van der Waals surface area contributed by atoms with Gasteiger partial charge in [0.25, 0.3) is 0 Å². The number of carbonyl (C=O) groups is 2. The van der Waals surface area contributed by atoms with Gasteiger partial charge in [-0.2, -0.15) is 0 Å². The maximum Gasteiger partial charge on any atom is 0.315 e. The van der Waals surface area contributed by atoms with Crippen LogP contribution in [0, 0.1) is 17.3 Å². The molecule has 0 aliphatic heterocycles. The van der Waals surface area contributed by atoms with Crippen molar-refractivity contribution in [3.8, 4) is 0 Å². The number of amides is 2. The Bertz CT molecular complexity index is 340. The lowest BCUT2D eigenvalue weighted by Gasteiger charge is -2.20. The molecule has 3 N–H and O–H groups in total. The highest BCUT2D eigenvalue weighted by Gasteiger charge is 2.31. The molecule has 1 fully saturated rings. The average Bonchev–Trinajstić information content (AvgIpc) is 2.56. The molecule has 0 radical (unpaired) electrons. The quantitative estimate of drug-likeness (QED) is 0.716. The van der Waals surface area contributed by atoms with Gasteiger partial charge in [0.2, 0.25) is 0 Å². The van der Waals surface area contributed by atoms with E-state index in [9.17, 15) is 9.59 Å². The maximum atomic E-state index is 11.7. The third kappa shape index (κ3) is 5.09. The van der Waals surface area contributed by atoms with Crippen molar-refractivity contribution in [3.05, 3.63) is 0 Å². The van der Waals surface area contributed by atoms with Crippen molar-refractivity contribution < 1.29 is 14.7 Å². The van der Waals surface area contributed by atoms with Gasteiger partial charge in [-0.15, -0.1) is 0 Å². The van der Waals surface area contributed by atoms with Crippen molar-refractivity contribution in [1.29, 1.82) is 0 Å². The van der Waals surface area contributed by atoms with Crippen LogP contribution < -0.4 is 10.6 Å². The van der Waals surface area contributed by atoms with Crippen LogP contribution in [-0.4, -0.2) is 29.7 Å². The first kappa shape index (κ1) is 15.8. The molecule has 0 aromatic heterocycles. The summed E-state index contributed by atoms with van der Waals surface area (Å²) in [5.41, 5.74) is 0.291. The number of carboxylic acid groups (broad SMARTS) is 1. The van der Waals surface area contributed by atoms with Crippen molar-refractivity contribution in [2.24, 2.45) is 17.3 Å². The summed E-state index contributed by atoms with van der Waals surface area (Å²) in [7, 11) is 0. The summed E-state index contributed by atoms with van der Waals surface area (Å²) in [5.74, 6) is -1.40. The van der Waals surface area contributed by atoms with E-state index in [1.54, 1.807) is 0 Å². The fourth-order valence-corrected chi connectivity index (χ4v) is 2.61. The van der Waals surface area contributed by atoms with Crippen LogP contribution in [0.15, 0.2) is 0 Å². The lowest BCUT2D eigenvalue weighted by Crippen LogP contribution is -2.44.